The molecule has 2 aromatic rings. The van der Waals surface area contributed by atoms with E-state index in [0.717, 1.165) is 23.7 Å². The van der Waals surface area contributed by atoms with Crippen molar-refractivity contribution in [1.82, 2.24) is 9.97 Å². The molecule has 0 bridgehead atoms. The second-order valence-corrected chi connectivity index (χ2v) is 5.03. The summed E-state index contributed by atoms with van der Waals surface area (Å²) in [5.41, 5.74) is 0.836. The Morgan fingerprint density at radius 2 is 1.83 bits per heavy atom. The SMILES string of the molecule is Clc1nc(OC2CCCCC2)c2ccccc2n1. The third-order valence-corrected chi connectivity index (χ3v) is 3.54. The van der Waals surface area contributed by atoms with Gasteiger partial charge in [0.2, 0.25) is 11.2 Å². The fourth-order valence-electron chi connectivity index (χ4n) is 2.45. The molecule has 0 unspecified atom stereocenters. The summed E-state index contributed by atoms with van der Waals surface area (Å²) in [6, 6.07) is 7.81. The molecule has 3 nitrogen and oxygen atoms in total. The van der Waals surface area contributed by atoms with Gasteiger partial charge in [0.05, 0.1) is 10.9 Å². The van der Waals surface area contributed by atoms with Gasteiger partial charge >= 0.3 is 0 Å². The highest BCUT2D eigenvalue weighted by atomic mass is 35.5. The van der Waals surface area contributed by atoms with E-state index < -0.39 is 0 Å². The van der Waals surface area contributed by atoms with Gasteiger partial charge in [-0.1, -0.05) is 18.6 Å². The van der Waals surface area contributed by atoms with E-state index in [2.05, 4.69) is 9.97 Å². The summed E-state index contributed by atoms with van der Waals surface area (Å²) in [4.78, 5) is 8.43. The van der Waals surface area contributed by atoms with Crippen LogP contribution in [-0.4, -0.2) is 16.1 Å². The van der Waals surface area contributed by atoms with E-state index in [-0.39, 0.29) is 11.4 Å². The van der Waals surface area contributed by atoms with Crippen LogP contribution in [0, 0.1) is 0 Å². The number of hydrogen-bond acceptors (Lipinski definition) is 3. The quantitative estimate of drug-likeness (QED) is 0.768. The highest BCUT2D eigenvalue weighted by Gasteiger charge is 2.17. The number of aromatic nitrogens is 2. The van der Waals surface area contributed by atoms with Gasteiger partial charge in [-0.3, -0.25) is 0 Å². The van der Waals surface area contributed by atoms with Gasteiger partial charge in [0.15, 0.2) is 0 Å². The van der Waals surface area contributed by atoms with Gasteiger partial charge in [0.1, 0.15) is 6.10 Å². The van der Waals surface area contributed by atoms with Crippen LogP contribution in [0.3, 0.4) is 0 Å². The molecule has 4 heteroatoms. The highest BCUT2D eigenvalue weighted by Crippen LogP contribution is 2.28. The van der Waals surface area contributed by atoms with Gasteiger partial charge < -0.3 is 4.74 Å². The molecule has 0 atom stereocenters. The Hall–Kier alpha value is -1.35. The normalized spacial score (nSPS) is 16.9. The molecule has 1 aromatic heterocycles. The van der Waals surface area contributed by atoms with Crippen LogP contribution in [0.1, 0.15) is 32.1 Å². The molecule has 0 saturated heterocycles. The molecule has 0 radical (unpaired) electrons. The topological polar surface area (TPSA) is 35.0 Å². The van der Waals surface area contributed by atoms with E-state index in [1.54, 1.807) is 0 Å². The molecular weight excluding hydrogens is 248 g/mol. The number of para-hydroxylation sites is 1. The van der Waals surface area contributed by atoms with E-state index >= 15 is 0 Å². The number of ether oxygens (including phenoxy) is 1. The summed E-state index contributed by atoms with van der Waals surface area (Å²) < 4.78 is 6.01. The zero-order valence-corrected chi connectivity index (χ0v) is 10.9. The van der Waals surface area contributed by atoms with Crippen LogP contribution in [0.4, 0.5) is 0 Å². The predicted octanol–water partition coefficient (Wildman–Crippen LogP) is 3.99. The summed E-state index contributed by atoms with van der Waals surface area (Å²) in [5.74, 6) is 0.623. The molecule has 1 aliphatic carbocycles. The first-order chi connectivity index (χ1) is 8.83. The lowest BCUT2D eigenvalue weighted by molar-refractivity contribution is 0.151. The van der Waals surface area contributed by atoms with Crippen molar-refractivity contribution in [2.45, 2.75) is 38.2 Å². The maximum Gasteiger partial charge on any atom is 0.226 e. The number of rotatable bonds is 2. The number of benzene rings is 1. The first-order valence-electron chi connectivity index (χ1n) is 6.42. The van der Waals surface area contributed by atoms with Gasteiger partial charge in [0.25, 0.3) is 0 Å². The fourth-order valence-corrected chi connectivity index (χ4v) is 2.62. The molecular formula is C14H15ClN2O. The monoisotopic (exact) mass is 262 g/mol. The Morgan fingerprint density at radius 3 is 2.67 bits per heavy atom. The molecule has 94 valence electrons. The van der Waals surface area contributed by atoms with Gasteiger partial charge in [-0.15, -0.1) is 0 Å². The minimum atomic E-state index is 0.250. The fraction of sp³-hybridized carbons (Fsp3) is 0.429. The Kier molecular flexibility index (Phi) is 3.33. The second kappa shape index (κ2) is 5.11. The Bertz CT molecular complexity index is 552. The van der Waals surface area contributed by atoms with Gasteiger partial charge in [-0.2, -0.15) is 4.98 Å². The summed E-state index contributed by atoms with van der Waals surface area (Å²) in [5, 5.41) is 1.19. The van der Waals surface area contributed by atoms with E-state index in [1.807, 2.05) is 24.3 Å². The highest BCUT2D eigenvalue weighted by molar-refractivity contribution is 6.28. The van der Waals surface area contributed by atoms with Crippen molar-refractivity contribution in [2.75, 3.05) is 0 Å². The van der Waals surface area contributed by atoms with E-state index in [0.29, 0.717) is 5.88 Å². The zero-order valence-electron chi connectivity index (χ0n) is 10.1. The average Bonchev–Trinajstić information content (AvgIpc) is 2.40. The molecule has 0 amide bonds. The Labute approximate surface area is 111 Å². The summed E-state index contributed by atoms with van der Waals surface area (Å²) in [6.45, 7) is 0. The minimum Gasteiger partial charge on any atom is -0.474 e. The van der Waals surface area contributed by atoms with Crippen LogP contribution >= 0.6 is 11.6 Å². The van der Waals surface area contributed by atoms with E-state index in [4.69, 9.17) is 16.3 Å². The van der Waals surface area contributed by atoms with Crippen molar-refractivity contribution in [2.24, 2.45) is 0 Å². The lowest BCUT2D eigenvalue weighted by atomic mass is 9.98. The average molecular weight is 263 g/mol. The van der Waals surface area contributed by atoms with E-state index in [9.17, 15) is 0 Å². The van der Waals surface area contributed by atoms with Crippen molar-refractivity contribution in [3.05, 3.63) is 29.5 Å². The van der Waals surface area contributed by atoms with Crippen LogP contribution in [0.15, 0.2) is 24.3 Å². The number of hydrogen-bond donors (Lipinski definition) is 0. The first-order valence-corrected chi connectivity index (χ1v) is 6.80. The molecule has 3 rings (SSSR count). The molecule has 1 saturated carbocycles. The molecule has 0 spiro atoms. The van der Waals surface area contributed by atoms with Crippen molar-refractivity contribution in [1.29, 1.82) is 0 Å². The van der Waals surface area contributed by atoms with Crippen molar-refractivity contribution < 1.29 is 4.74 Å². The molecule has 0 N–H and O–H groups in total. The van der Waals surface area contributed by atoms with Crippen LogP contribution in [0.5, 0.6) is 5.88 Å². The van der Waals surface area contributed by atoms with Gasteiger partial charge in [-0.25, -0.2) is 4.98 Å². The lowest BCUT2D eigenvalue weighted by Crippen LogP contribution is -2.20. The Balaban J connectivity index is 1.94. The molecule has 1 fully saturated rings. The van der Waals surface area contributed by atoms with Gasteiger partial charge in [-0.05, 0) is 49.4 Å². The van der Waals surface area contributed by atoms with Crippen LogP contribution in [0.25, 0.3) is 10.9 Å². The van der Waals surface area contributed by atoms with Crippen molar-refractivity contribution in [3.63, 3.8) is 0 Å². The minimum absolute atomic E-state index is 0.250. The van der Waals surface area contributed by atoms with Crippen LogP contribution in [0.2, 0.25) is 5.28 Å². The van der Waals surface area contributed by atoms with Crippen molar-refractivity contribution >= 4 is 22.5 Å². The third-order valence-electron chi connectivity index (χ3n) is 3.37. The smallest absolute Gasteiger partial charge is 0.226 e. The second-order valence-electron chi connectivity index (χ2n) is 4.69. The number of nitrogens with zero attached hydrogens (tertiary/aromatic N) is 2. The summed E-state index contributed by atoms with van der Waals surface area (Å²) >= 11 is 5.94. The predicted molar refractivity (Wildman–Crippen MR) is 72.0 cm³/mol. The zero-order chi connectivity index (χ0) is 12.4. The molecule has 0 aliphatic heterocycles. The van der Waals surface area contributed by atoms with Gasteiger partial charge in [0, 0.05) is 0 Å². The molecule has 1 heterocycles. The van der Waals surface area contributed by atoms with Crippen LogP contribution in [-0.2, 0) is 0 Å². The van der Waals surface area contributed by atoms with Crippen LogP contribution < -0.4 is 4.74 Å². The lowest BCUT2D eigenvalue weighted by Gasteiger charge is -2.22. The first kappa shape index (κ1) is 11.7. The number of fused-ring (bicyclic) bond motifs is 1. The molecule has 1 aromatic carbocycles. The summed E-state index contributed by atoms with van der Waals surface area (Å²) in [6.07, 6.45) is 6.27. The molecule has 1 aliphatic rings. The Morgan fingerprint density at radius 1 is 1.06 bits per heavy atom. The third kappa shape index (κ3) is 2.41. The summed E-state index contributed by atoms with van der Waals surface area (Å²) in [7, 11) is 0. The molecule has 18 heavy (non-hydrogen) atoms. The standard InChI is InChI=1S/C14H15ClN2O/c15-14-16-12-9-5-4-8-11(12)13(17-14)18-10-6-2-1-3-7-10/h4-5,8-10H,1-3,6-7H2. The van der Waals surface area contributed by atoms with Crippen molar-refractivity contribution in [3.8, 4) is 5.88 Å². The number of halogens is 1. The maximum atomic E-state index is 6.01. The largest absolute Gasteiger partial charge is 0.474 e. The van der Waals surface area contributed by atoms with E-state index in [1.165, 1.54) is 19.3 Å². The maximum absolute atomic E-state index is 6.01.